The molecule has 1 aliphatic heterocycles. The lowest BCUT2D eigenvalue weighted by Gasteiger charge is -2.29. The normalized spacial score (nSPS) is 16.7. The van der Waals surface area contributed by atoms with Gasteiger partial charge in [0.15, 0.2) is 11.5 Å². The fourth-order valence-corrected chi connectivity index (χ4v) is 3.39. The number of rotatable bonds is 7. The van der Waals surface area contributed by atoms with Gasteiger partial charge in [0.1, 0.15) is 17.6 Å². The molecule has 2 atom stereocenters. The van der Waals surface area contributed by atoms with Crippen molar-refractivity contribution in [2.24, 2.45) is 0 Å². The van der Waals surface area contributed by atoms with Crippen LogP contribution in [0.4, 0.5) is 0 Å². The lowest BCUT2D eigenvalue weighted by molar-refractivity contribution is 0.130. The molecule has 27 heavy (non-hydrogen) atoms. The summed E-state index contributed by atoms with van der Waals surface area (Å²) in [5.41, 5.74) is 2.17. The van der Waals surface area contributed by atoms with Crippen LogP contribution in [0.25, 0.3) is 0 Å². The Morgan fingerprint density at radius 1 is 1.04 bits per heavy atom. The highest BCUT2D eigenvalue weighted by molar-refractivity contribution is 5.63. The summed E-state index contributed by atoms with van der Waals surface area (Å²) in [6.45, 7) is 5.00. The van der Waals surface area contributed by atoms with Crippen molar-refractivity contribution in [1.29, 1.82) is 0 Å². The minimum atomic E-state index is -0.182. The van der Waals surface area contributed by atoms with Crippen molar-refractivity contribution in [3.05, 3.63) is 41.5 Å². The molecule has 1 aliphatic rings. The van der Waals surface area contributed by atoms with Crippen molar-refractivity contribution in [2.45, 2.75) is 38.7 Å². The Labute approximate surface area is 161 Å². The van der Waals surface area contributed by atoms with Crippen molar-refractivity contribution >= 4 is 0 Å². The Bertz CT molecular complexity index is 769. The van der Waals surface area contributed by atoms with Crippen LogP contribution in [0.15, 0.2) is 30.3 Å². The van der Waals surface area contributed by atoms with Gasteiger partial charge in [-0.15, -0.1) is 0 Å². The van der Waals surface area contributed by atoms with Crippen molar-refractivity contribution in [3.8, 4) is 28.7 Å². The molecule has 3 rings (SSSR count). The monoisotopic (exact) mass is 372 g/mol. The van der Waals surface area contributed by atoms with E-state index in [1.807, 2.05) is 18.2 Å². The number of hydrogen-bond acceptors (Lipinski definition) is 5. The van der Waals surface area contributed by atoms with Crippen LogP contribution in [-0.2, 0) is 0 Å². The maximum absolute atomic E-state index is 6.31. The fraction of sp³-hybridized carbons (Fsp3) is 0.455. The largest absolute Gasteiger partial charge is 0.493 e. The molecule has 2 unspecified atom stereocenters. The number of benzene rings is 2. The first-order valence-corrected chi connectivity index (χ1v) is 9.35. The minimum absolute atomic E-state index is 0.182. The van der Waals surface area contributed by atoms with Gasteiger partial charge in [0.2, 0.25) is 5.75 Å². The van der Waals surface area contributed by atoms with Gasteiger partial charge in [-0.3, -0.25) is 0 Å². The minimum Gasteiger partial charge on any atom is -0.493 e. The number of hydrogen-bond donors (Lipinski definition) is 0. The topological polar surface area (TPSA) is 46.2 Å². The summed E-state index contributed by atoms with van der Waals surface area (Å²) in [4.78, 5) is 0. The second-order valence-electron chi connectivity index (χ2n) is 6.68. The smallest absolute Gasteiger partial charge is 0.203 e. The van der Waals surface area contributed by atoms with E-state index in [2.05, 4.69) is 26.0 Å². The zero-order chi connectivity index (χ0) is 19.4. The summed E-state index contributed by atoms with van der Waals surface area (Å²) in [5, 5.41) is 0. The van der Waals surface area contributed by atoms with Crippen molar-refractivity contribution < 1.29 is 23.7 Å². The van der Waals surface area contributed by atoms with Crippen LogP contribution in [0.3, 0.4) is 0 Å². The van der Waals surface area contributed by atoms with Gasteiger partial charge in [0, 0.05) is 12.5 Å². The molecule has 5 heteroatoms. The molecule has 2 aromatic carbocycles. The predicted molar refractivity (Wildman–Crippen MR) is 105 cm³/mol. The van der Waals surface area contributed by atoms with Gasteiger partial charge in [-0.05, 0) is 30.0 Å². The number of fused-ring (bicyclic) bond motifs is 1. The Hall–Kier alpha value is -2.56. The summed E-state index contributed by atoms with van der Waals surface area (Å²) in [7, 11) is 4.81. The van der Waals surface area contributed by atoms with Gasteiger partial charge in [-0.1, -0.05) is 26.0 Å². The Morgan fingerprint density at radius 3 is 2.33 bits per heavy atom. The van der Waals surface area contributed by atoms with E-state index in [0.29, 0.717) is 35.5 Å². The second kappa shape index (κ2) is 8.42. The van der Waals surface area contributed by atoms with Crippen molar-refractivity contribution in [3.63, 3.8) is 0 Å². The van der Waals surface area contributed by atoms with Crippen molar-refractivity contribution in [2.75, 3.05) is 27.9 Å². The van der Waals surface area contributed by atoms with E-state index in [-0.39, 0.29) is 6.10 Å². The van der Waals surface area contributed by atoms with E-state index in [0.717, 1.165) is 24.2 Å². The molecule has 5 nitrogen and oxygen atoms in total. The van der Waals surface area contributed by atoms with Crippen LogP contribution in [-0.4, -0.2) is 27.9 Å². The van der Waals surface area contributed by atoms with Crippen LogP contribution in [0, 0.1) is 0 Å². The SMILES string of the molecule is CCC(C)c1ccc(OC2CCOc3cc(OC)c(OC)c(OC)c32)cc1. The molecule has 0 amide bonds. The van der Waals surface area contributed by atoms with Crippen LogP contribution in [0.5, 0.6) is 28.7 Å². The zero-order valence-electron chi connectivity index (χ0n) is 16.7. The molecular weight excluding hydrogens is 344 g/mol. The molecule has 0 saturated carbocycles. The van der Waals surface area contributed by atoms with Gasteiger partial charge >= 0.3 is 0 Å². The summed E-state index contributed by atoms with van der Waals surface area (Å²) in [6.07, 6.45) is 1.66. The molecule has 1 heterocycles. The first-order chi connectivity index (χ1) is 13.1. The van der Waals surface area contributed by atoms with Crippen LogP contribution >= 0.6 is 0 Å². The lowest BCUT2D eigenvalue weighted by Crippen LogP contribution is -2.20. The summed E-state index contributed by atoms with van der Waals surface area (Å²) >= 11 is 0. The first-order valence-electron chi connectivity index (χ1n) is 9.35. The average Bonchev–Trinajstić information content (AvgIpc) is 2.72. The molecule has 0 spiro atoms. The quantitative estimate of drug-likeness (QED) is 0.674. The van der Waals surface area contributed by atoms with Crippen molar-refractivity contribution in [1.82, 2.24) is 0 Å². The molecule has 0 saturated heterocycles. The second-order valence-corrected chi connectivity index (χ2v) is 6.68. The molecule has 0 fully saturated rings. The van der Waals surface area contributed by atoms with E-state index >= 15 is 0 Å². The number of ether oxygens (including phenoxy) is 5. The Morgan fingerprint density at radius 2 is 1.74 bits per heavy atom. The van der Waals surface area contributed by atoms with Crippen LogP contribution in [0.2, 0.25) is 0 Å². The summed E-state index contributed by atoms with van der Waals surface area (Å²) < 4.78 is 28.7. The fourth-order valence-electron chi connectivity index (χ4n) is 3.39. The van der Waals surface area contributed by atoms with Gasteiger partial charge in [0.25, 0.3) is 0 Å². The van der Waals surface area contributed by atoms with E-state index in [9.17, 15) is 0 Å². The Kier molecular flexibility index (Phi) is 5.99. The van der Waals surface area contributed by atoms with E-state index < -0.39 is 0 Å². The molecular formula is C22H28O5. The summed E-state index contributed by atoms with van der Waals surface area (Å²) in [5.74, 6) is 3.79. The van der Waals surface area contributed by atoms with Gasteiger partial charge in [-0.2, -0.15) is 0 Å². The highest BCUT2D eigenvalue weighted by Gasteiger charge is 2.32. The van der Waals surface area contributed by atoms with Gasteiger partial charge in [-0.25, -0.2) is 0 Å². The zero-order valence-corrected chi connectivity index (χ0v) is 16.7. The molecule has 0 N–H and O–H groups in total. The molecule has 0 aromatic heterocycles. The molecule has 0 bridgehead atoms. The third kappa shape index (κ3) is 3.77. The average molecular weight is 372 g/mol. The third-order valence-electron chi connectivity index (χ3n) is 5.13. The third-order valence-corrected chi connectivity index (χ3v) is 5.13. The standard InChI is InChI=1S/C22H28O5/c1-6-14(2)15-7-9-16(10-8-15)27-17-11-12-26-18-13-19(23-3)21(24-4)22(25-5)20(17)18/h7-10,13-14,17H,6,11-12H2,1-5H3. The maximum Gasteiger partial charge on any atom is 0.203 e. The molecule has 146 valence electrons. The van der Waals surface area contributed by atoms with Gasteiger partial charge in [0.05, 0.1) is 33.5 Å². The highest BCUT2D eigenvalue weighted by Crippen LogP contribution is 2.50. The van der Waals surface area contributed by atoms with Crippen LogP contribution < -0.4 is 23.7 Å². The summed E-state index contributed by atoms with van der Waals surface area (Å²) in [6, 6.07) is 10.2. The maximum atomic E-state index is 6.31. The first kappa shape index (κ1) is 19.2. The van der Waals surface area contributed by atoms with E-state index in [1.54, 1.807) is 21.3 Å². The molecule has 2 aromatic rings. The van der Waals surface area contributed by atoms with E-state index in [4.69, 9.17) is 23.7 Å². The molecule has 0 radical (unpaired) electrons. The van der Waals surface area contributed by atoms with Gasteiger partial charge < -0.3 is 23.7 Å². The lowest BCUT2D eigenvalue weighted by atomic mass is 9.98. The van der Waals surface area contributed by atoms with E-state index in [1.165, 1.54) is 5.56 Å². The number of methoxy groups -OCH3 is 3. The predicted octanol–water partition coefficient (Wildman–Crippen LogP) is 5.13. The van der Waals surface area contributed by atoms with Crippen LogP contribution in [0.1, 0.15) is 49.8 Å². The molecule has 0 aliphatic carbocycles. The highest BCUT2D eigenvalue weighted by atomic mass is 16.5. The Balaban J connectivity index is 1.94.